The van der Waals surface area contributed by atoms with Gasteiger partial charge in [0, 0.05) is 12.5 Å². The van der Waals surface area contributed by atoms with E-state index >= 15 is 0 Å². The molecule has 3 amide bonds. The van der Waals surface area contributed by atoms with Crippen LogP contribution in [-0.4, -0.2) is 90.6 Å². The Hall–Kier alpha value is -2.40. The maximum atomic E-state index is 14.2. The summed E-state index contributed by atoms with van der Waals surface area (Å²) in [5, 5.41) is 16.4. The van der Waals surface area contributed by atoms with Gasteiger partial charge in [0.05, 0.1) is 26.4 Å². The Bertz CT molecular complexity index is 969. The van der Waals surface area contributed by atoms with Gasteiger partial charge >= 0.3 is 12.1 Å². The lowest BCUT2D eigenvalue weighted by molar-refractivity contribution is -0.154. The highest BCUT2D eigenvalue weighted by Gasteiger charge is 2.69. The average Bonchev–Trinajstić information content (AvgIpc) is 3.19. The average molecular weight is 566 g/mol. The molecular formula is C29H47N3O8. The van der Waals surface area contributed by atoms with Crippen molar-refractivity contribution in [3.63, 3.8) is 0 Å². The summed E-state index contributed by atoms with van der Waals surface area (Å²) in [7, 11) is 1.19. The third-order valence-corrected chi connectivity index (χ3v) is 9.27. The Kier molecular flexibility index (Phi) is 9.04. The second-order valence-electron chi connectivity index (χ2n) is 13.6. The zero-order valence-corrected chi connectivity index (χ0v) is 24.7. The van der Waals surface area contributed by atoms with Gasteiger partial charge in [-0.05, 0) is 63.2 Å². The summed E-state index contributed by atoms with van der Waals surface area (Å²) in [6, 6.07) is -2.44. The quantitative estimate of drug-likeness (QED) is 0.360. The van der Waals surface area contributed by atoms with Crippen LogP contribution in [0.25, 0.3) is 0 Å². The first-order valence-electron chi connectivity index (χ1n) is 14.7. The number of alkyl carbamates (subject to hydrolysis) is 1. The number of nitrogens with zero attached hydrogens (tertiary/aromatic N) is 1. The second-order valence-corrected chi connectivity index (χ2v) is 13.6. The Balaban J connectivity index is 1.55. The van der Waals surface area contributed by atoms with E-state index in [-0.39, 0.29) is 35.0 Å². The number of hydrogen-bond acceptors (Lipinski definition) is 8. The standard InChI is InChI=1S/C29H47N3O8/c1-28(2,3)40-27(37)31-21(17-10-8-7-9-11-17)25(35)32-13-18-20(29(18,4)5)22(32)24(34)30-19(12-16-14-39-15-16)23(33)26(36)38-6/h16-23,33H,7-15H2,1-6H3,(H,30,34)(H,31,37)/t18-,19?,20-,21-,22-,23?/m0/s1. The first-order chi connectivity index (χ1) is 18.7. The van der Waals surface area contributed by atoms with Crippen molar-refractivity contribution in [3.8, 4) is 0 Å². The molecule has 6 atom stereocenters. The number of amides is 3. The van der Waals surface area contributed by atoms with Crippen LogP contribution in [0.3, 0.4) is 0 Å². The lowest BCUT2D eigenvalue weighted by atomic mass is 9.83. The minimum Gasteiger partial charge on any atom is -0.467 e. The molecule has 0 radical (unpaired) electrons. The van der Waals surface area contributed by atoms with Crippen molar-refractivity contribution >= 4 is 23.9 Å². The molecule has 11 nitrogen and oxygen atoms in total. The van der Waals surface area contributed by atoms with Gasteiger partial charge in [-0.2, -0.15) is 0 Å². The fraction of sp³-hybridized carbons (Fsp3) is 0.862. The third kappa shape index (κ3) is 6.56. The van der Waals surface area contributed by atoms with Crippen LogP contribution in [-0.2, 0) is 28.6 Å². The van der Waals surface area contributed by atoms with Gasteiger partial charge < -0.3 is 34.9 Å². The highest BCUT2D eigenvalue weighted by Crippen LogP contribution is 2.65. The van der Waals surface area contributed by atoms with Crippen molar-refractivity contribution in [2.45, 2.75) is 103 Å². The van der Waals surface area contributed by atoms with Gasteiger partial charge in [-0.1, -0.05) is 33.1 Å². The number of hydrogen-bond donors (Lipinski definition) is 3. The molecule has 2 heterocycles. The molecule has 0 spiro atoms. The number of carbonyl (C=O) groups is 4. The van der Waals surface area contributed by atoms with Crippen LogP contribution in [0.4, 0.5) is 4.79 Å². The second kappa shape index (κ2) is 11.8. The maximum absolute atomic E-state index is 14.2. The van der Waals surface area contributed by atoms with Gasteiger partial charge in [0.2, 0.25) is 11.8 Å². The number of likely N-dealkylation sites (tertiary alicyclic amines) is 1. The molecular weight excluding hydrogens is 518 g/mol. The maximum Gasteiger partial charge on any atom is 0.408 e. The number of rotatable bonds is 9. The molecule has 0 aromatic rings. The van der Waals surface area contributed by atoms with Crippen LogP contribution < -0.4 is 10.6 Å². The number of carbonyl (C=O) groups excluding carboxylic acids is 4. The zero-order chi connectivity index (χ0) is 29.4. The highest BCUT2D eigenvalue weighted by atomic mass is 16.6. The Morgan fingerprint density at radius 2 is 1.73 bits per heavy atom. The molecule has 2 unspecified atom stereocenters. The fourth-order valence-corrected chi connectivity index (χ4v) is 6.87. The van der Waals surface area contributed by atoms with Gasteiger partial charge in [-0.15, -0.1) is 0 Å². The largest absolute Gasteiger partial charge is 0.467 e. The van der Waals surface area contributed by atoms with Crippen molar-refractivity contribution in [2.75, 3.05) is 26.9 Å². The van der Waals surface area contributed by atoms with E-state index in [1.54, 1.807) is 25.7 Å². The number of nitrogens with one attached hydrogen (secondary N) is 2. The van der Waals surface area contributed by atoms with Crippen LogP contribution in [0.1, 0.15) is 73.1 Å². The minimum atomic E-state index is -1.54. The number of ether oxygens (including phenoxy) is 3. The van der Waals surface area contributed by atoms with Crippen molar-refractivity contribution in [1.82, 2.24) is 15.5 Å². The number of esters is 1. The van der Waals surface area contributed by atoms with E-state index in [9.17, 15) is 24.3 Å². The van der Waals surface area contributed by atoms with Crippen LogP contribution in [0.5, 0.6) is 0 Å². The molecule has 2 saturated heterocycles. The van der Waals surface area contributed by atoms with E-state index < -0.39 is 47.8 Å². The molecule has 0 aromatic carbocycles. The molecule has 40 heavy (non-hydrogen) atoms. The van der Waals surface area contributed by atoms with Crippen molar-refractivity contribution in [1.29, 1.82) is 0 Å². The highest BCUT2D eigenvalue weighted by molar-refractivity contribution is 5.93. The minimum absolute atomic E-state index is 0.0464. The molecule has 4 aliphatic rings. The van der Waals surface area contributed by atoms with Gasteiger partial charge in [-0.25, -0.2) is 9.59 Å². The molecule has 226 valence electrons. The van der Waals surface area contributed by atoms with Gasteiger partial charge in [0.1, 0.15) is 17.7 Å². The normalized spacial score (nSPS) is 28.4. The molecule has 2 aliphatic heterocycles. The third-order valence-electron chi connectivity index (χ3n) is 9.27. The van der Waals surface area contributed by atoms with Crippen molar-refractivity contribution in [2.24, 2.45) is 29.1 Å². The summed E-state index contributed by atoms with van der Waals surface area (Å²) >= 11 is 0. The van der Waals surface area contributed by atoms with Crippen LogP contribution >= 0.6 is 0 Å². The first-order valence-corrected chi connectivity index (χ1v) is 14.7. The number of methoxy groups -OCH3 is 1. The van der Waals surface area contributed by atoms with E-state index in [1.165, 1.54) is 7.11 Å². The predicted molar refractivity (Wildman–Crippen MR) is 145 cm³/mol. The van der Waals surface area contributed by atoms with E-state index in [2.05, 4.69) is 24.5 Å². The summed E-state index contributed by atoms with van der Waals surface area (Å²) in [5.41, 5.74) is -0.844. The van der Waals surface area contributed by atoms with Gasteiger partial charge in [0.25, 0.3) is 0 Å². The predicted octanol–water partition coefficient (Wildman–Crippen LogP) is 2.00. The Labute approximate surface area is 237 Å². The molecule has 0 aromatic heterocycles. The van der Waals surface area contributed by atoms with E-state index in [0.717, 1.165) is 32.1 Å². The van der Waals surface area contributed by atoms with Gasteiger partial charge in [0.15, 0.2) is 6.10 Å². The molecule has 3 N–H and O–H groups in total. The van der Waals surface area contributed by atoms with Crippen LogP contribution in [0.15, 0.2) is 0 Å². The molecule has 11 heteroatoms. The monoisotopic (exact) mass is 565 g/mol. The summed E-state index contributed by atoms with van der Waals surface area (Å²) in [4.78, 5) is 54.7. The van der Waals surface area contributed by atoms with Crippen LogP contribution in [0.2, 0.25) is 0 Å². The molecule has 2 aliphatic carbocycles. The Morgan fingerprint density at radius 3 is 2.27 bits per heavy atom. The summed E-state index contributed by atoms with van der Waals surface area (Å²) in [6.45, 7) is 10.9. The number of piperidine rings is 1. The first kappa shape index (κ1) is 30.6. The smallest absolute Gasteiger partial charge is 0.408 e. The summed E-state index contributed by atoms with van der Waals surface area (Å²) in [5.74, 6) is -1.37. The summed E-state index contributed by atoms with van der Waals surface area (Å²) in [6.07, 6.45) is 2.84. The van der Waals surface area contributed by atoms with E-state index in [4.69, 9.17) is 14.2 Å². The van der Waals surface area contributed by atoms with Crippen LogP contribution in [0, 0.1) is 29.1 Å². The fourth-order valence-electron chi connectivity index (χ4n) is 6.87. The molecule has 2 saturated carbocycles. The molecule has 4 fully saturated rings. The van der Waals surface area contributed by atoms with Crippen molar-refractivity contribution < 1.29 is 38.5 Å². The lowest BCUT2D eigenvalue weighted by Crippen LogP contribution is -2.60. The van der Waals surface area contributed by atoms with Crippen molar-refractivity contribution in [3.05, 3.63) is 0 Å². The lowest BCUT2D eigenvalue weighted by Gasteiger charge is -2.38. The zero-order valence-electron chi connectivity index (χ0n) is 24.7. The number of aliphatic hydroxyl groups is 1. The SMILES string of the molecule is COC(=O)C(O)C(CC1COC1)NC(=O)[C@@H]1[C@@H]2[C@H](CN1C(=O)[C@@H](NC(=O)OC(C)(C)C)C1CCCCC1)C2(C)C. The van der Waals surface area contributed by atoms with Gasteiger partial charge in [-0.3, -0.25) is 9.59 Å². The molecule has 4 rings (SSSR count). The van der Waals surface area contributed by atoms with E-state index in [0.29, 0.717) is 26.2 Å². The van der Waals surface area contributed by atoms with E-state index in [1.807, 2.05) is 0 Å². The molecule has 0 bridgehead atoms. The topological polar surface area (TPSA) is 144 Å². The summed E-state index contributed by atoms with van der Waals surface area (Å²) < 4.78 is 15.5. The number of aliphatic hydroxyl groups excluding tert-OH is 1. The Morgan fingerprint density at radius 1 is 1.07 bits per heavy atom. The number of fused-ring (bicyclic) bond motifs is 1.